The summed E-state index contributed by atoms with van der Waals surface area (Å²) >= 11 is 0. The highest BCUT2D eigenvalue weighted by Crippen LogP contribution is 2.20. The predicted molar refractivity (Wildman–Crippen MR) is 204 cm³/mol. The number of rotatable bonds is 14. The minimum absolute atomic E-state index is 0.00960. The van der Waals surface area contributed by atoms with Crippen LogP contribution in [0.25, 0.3) is 0 Å². The van der Waals surface area contributed by atoms with Crippen molar-refractivity contribution in [3.05, 3.63) is 75.8 Å². The Bertz CT molecular complexity index is 1440. The number of hydrogen-bond acceptors (Lipinski definition) is 12. The van der Waals surface area contributed by atoms with Crippen LogP contribution in [0.1, 0.15) is 73.4 Å². The molecule has 1 saturated heterocycles. The van der Waals surface area contributed by atoms with Crippen LogP contribution < -0.4 is 0 Å². The van der Waals surface area contributed by atoms with E-state index in [9.17, 15) is 24.5 Å². The maximum atomic E-state index is 13.4. The smallest absolute Gasteiger partial charge is 0.320 e. The normalized spacial score (nSPS) is 16.3. The van der Waals surface area contributed by atoms with E-state index in [4.69, 9.17) is 14.2 Å². The van der Waals surface area contributed by atoms with E-state index in [0.717, 1.165) is 11.1 Å². The second-order valence-electron chi connectivity index (χ2n) is 16.8. The van der Waals surface area contributed by atoms with Crippen molar-refractivity contribution in [2.24, 2.45) is 0 Å². The first kappa shape index (κ1) is 43.5. The van der Waals surface area contributed by atoms with Crippen LogP contribution in [0, 0.1) is 10.1 Å². The lowest BCUT2D eigenvalue weighted by Crippen LogP contribution is -2.50. The highest BCUT2D eigenvalue weighted by molar-refractivity contribution is 5.73. The number of esters is 3. The molecule has 0 aliphatic carbocycles. The molecule has 53 heavy (non-hydrogen) atoms. The lowest BCUT2D eigenvalue weighted by atomic mass is 10.0. The van der Waals surface area contributed by atoms with E-state index in [1.54, 1.807) is 12.1 Å². The zero-order valence-corrected chi connectivity index (χ0v) is 33.3. The number of carbonyl (C=O) groups is 3. The first-order valence-electron chi connectivity index (χ1n) is 18.5. The van der Waals surface area contributed by atoms with Crippen molar-refractivity contribution in [2.75, 3.05) is 65.4 Å². The first-order chi connectivity index (χ1) is 24.6. The summed E-state index contributed by atoms with van der Waals surface area (Å²) in [5.74, 6) is -0.979. The molecule has 13 heteroatoms. The molecule has 1 atom stereocenters. The van der Waals surface area contributed by atoms with Gasteiger partial charge >= 0.3 is 17.9 Å². The number of nitro benzene ring substituents is 1. The lowest BCUT2D eigenvalue weighted by molar-refractivity contribution is -0.384. The summed E-state index contributed by atoms with van der Waals surface area (Å²) in [4.78, 5) is 58.9. The van der Waals surface area contributed by atoms with Gasteiger partial charge in [-0.05, 0) is 79.9 Å². The quantitative estimate of drug-likeness (QED) is 0.112. The van der Waals surface area contributed by atoms with Gasteiger partial charge in [-0.2, -0.15) is 0 Å². The maximum Gasteiger partial charge on any atom is 0.320 e. The summed E-state index contributed by atoms with van der Waals surface area (Å²) in [6, 6.07) is 16.2. The molecule has 1 fully saturated rings. The molecule has 0 N–H and O–H groups in total. The SMILES string of the molecule is CC(C)(C)OC(=O)CN1CCN(CC(=O)OC(C)(C)C)CCN(C[C@H](Cc2ccc([N+](=O)[O-])cc2)N(CC(=O)OC(C)(C)C)Cc2ccccc2)CC1. The maximum absolute atomic E-state index is 13.4. The van der Waals surface area contributed by atoms with Crippen molar-refractivity contribution >= 4 is 23.6 Å². The Morgan fingerprint density at radius 1 is 0.660 bits per heavy atom. The number of ether oxygens (including phenoxy) is 3. The van der Waals surface area contributed by atoms with Crippen LogP contribution in [0.3, 0.4) is 0 Å². The number of hydrogen-bond donors (Lipinski definition) is 0. The highest BCUT2D eigenvalue weighted by Gasteiger charge is 2.29. The van der Waals surface area contributed by atoms with Crippen molar-refractivity contribution < 1.29 is 33.5 Å². The molecule has 0 amide bonds. The fraction of sp³-hybridized carbons (Fsp3) is 0.625. The van der Waals surface area contributed by atoms with Crippen LogP contribution in [0.4, 0.5) is 5.69 Å². The fourth-order valence-electron chi connectivity index (χ4n) is 6.10. The Morgan fingerprint density at radius 2 is 1.09 bits per heavy atom. The van der Waals surface area contributed by atoms with Crippen LogP contribution in [-0.4, -0.2) is 131 Å². The number of nitro groups is 1. The number of benzene rings is 2. The lowest BCUT2D eigenvalue weighted by Gasteiger charge is -2.36. The molecule has 1 aliphatic rings. The van der Waals surface area contributed by atoms with Crippen LogP contribution >= 0.6 is 0 Å². The second kappa shape index (κ2) is 19.4. The Labute approximate surface area is 315 Å². The molecule has 1 heterocycles. The van der Waals surface area contributed by atoms with Gasteiger partial charge in [0.2, 0.25) is 0 Å². The van der Waals surface area contributed by atoms with Crippen LogP contribution in [-0.2, 0) is 41.6 Å². The monoisotopic (exact) mass is 739 g/mol. The molecule has 0 bridgehead atoms. The minimum Gasteiger partial charge on any atom is -0.459 e. The van der Waals surface area contributed by atoms with Gasteiger partial charge < -0.3 is 14.2 Å². The summed E-state index contributed by atoms with van der Waals surface area (Å²) in [5, 5.41) is 11.4. The van der Waals surface area contributed by atoms with E-state index < -0.39 is 21.7 Å². The molecule has 1 aliphatic heterocycles. The van der Waals surface area contributed by atoms with E-state index in [1.165, 1.54) is 12.1 Å². The van der Waals surface area contributed by atoms with E-state index in [-0.39, 0.29) is 49.3 Å². The predicted octanol–water partition coefficient (Wildman–Crippen LogP) is 4.95. The number of nitrogens with zero attached hydrogens (tertiary/aromatic N) is 5. The molecule has 3 rings (SSSR count). The molecule has 294 valence electrons. The van der Waals surface area contributed by atoms with Gasteiger partial charge in [0, 0.05) is 70.5 Å². The largest absolute Gasteiger partial charge is 0.459 e. The van der Waals surface area contributed by atoms with E-state index >= 15 is 0 Å². The van der Waals surface area contributed by atoms with E-state index in [1.807, 2.05) is 92.6 Å². The van der Waals surface area contributed by atoms with Crippen LogP contribution in [0.2, 0.25) is 0 Å². The van der Waals surface area contributed by atoms with E-state index in [0.29, 0.717) is 58.8 Å². The first-order valence-corrected chi connectivity index (χ1v) is 18.5. The van der Waals surface area contributed by atoms with Crippen LogP contribution in [0.15, 0.2) is 54.6 Å². The zero-order chi connectivity index (χ0) is 39.4. The van der Waals surface area contributed by atoms with Crippen molar-refractivity contribution in [1.29, 1.82) is 0 Å². The Kier molecular flexibility index (Phi) is 15.9. The Balaban J connectivity index is 1.97. The summed E-state index contributed by atoms with van der Waals surface area (Å²) in [5.41, 5.74) is 0.0292. The molecule has 0 radical (unpaired) electrons. The summed E-state index contributed by atoms with van der Waals surface area (Å²) in [7, 11) is 0. The van der Waals surface area contributed by atoms with Crippen molar-refractivity contribution in [1.82, 2.24) is 19.6 Å². The highest BCUT2D eigenvalue weighted by atomic mass is 16.6. The summed E-state index contributed by atoms with van der Waals surface area (Å²) in [6.07, 6.45) is 0.507. The van der Waals surface area contributed by atoms with Gasteiger partial charge in [0.1, 0.15) is 16.8 Å². The molecule has 2 aromatic rings. The summed E-state index contributed by atoms with van der Waals surface area (Å²) in [6.45, 7) is 21.4. The Hall–Kier alpha value is -3.91. The average Bonchev–Trinajstić information content (AvgIpc) is 3.09. The van der Waals surface area contributed by atoms with Gasteiger partial charge in [0.25, 0.3) is 5.69 Å². The van der Waals surface area contributed by atoms with Gasteiger partial charge in [-0.3, -0.25) is 44.1 Å². The third kappa shape index (κ3) is 17.6. The number of non-ortho nitro benzene ring substituents is 1. The topological polar surface area (TPSA) is 135 Å². The third-order valence-corrected chi connectivity index (χ3v) is 8.33. The van der Waals surface area contributed by atoms with Gasteiger partial charge in [0.05, 0.1) is 24.6 Å². The fourth-order valence-corrected chi connectivity index (χ4v) is 6.10. The molecular formula is C40H61N5O8. The summed E-state index contributed by atoms with van der Waals surface area (Å²) < 4.78 is 17.1. The molecule has 2 aromatic carbocycles. The third-order valence-electron chi connectivity index (χ3n) is 8.33. The van der Waals surface area contributed by atoms with Crippen molar-refractivity contribution in [3.63, 3.8) is 0 Å². The molecule has 0 saturated carbocycles. The standard InChI is InChI=1S/C40H61N5O8/c1-38(2,3)51-35(46)28-42-21-19-41(20-22-43(24-23-42)29-36(47)52-39(4,5)6)27-34(25-31-15-17-33(18-16-31)45(49)50)44(26-32-13-11-10-12-14-32)30-37(48)53-40(7,8)9/h10-18,34H,19-30H2,1-9H3/t34-/m0/s1. The minimum atomic E-state index is -0.667. The molecule has 13 nitrogen and oxygen atoms in total. The average molecular weight is 740 g/mol. The molecule has 0 spiro atoms. The molecule has 0 aromatic heterocycles. The Morgan fingerprint density at radius 3 is 1.53 bits per heavy atom. The van der Waals surface area contributed by atoms with Crippen LogP contribution in [0.5, 0.6) is 0 Å². The van der Waals surface area contributed by atoms with Crippen molar-refractivity contribution in [2.45, 2.75) is 98.1 Å². The second-order valence-corrected chi connectivity index (χ2v) is 16.8. The van der Waals surface area contributed by atoms with Gasteiger partial charge in [-0.25, -0.2) is 0 Å². The van der Waals surface area contributed by atoms with Gasteiger partial charge in [0.15, 0.2) is 0 Å². The van der Waals surface area contributed by atoms with E-state index in [2.05, 4.69) is 19.6 Å². The van der Waals surface area contributed by atoms with Gasteiger partial charge in [-0.15, -0.1) is 0 Å². The number of carbonyl (C=O) groups excluding carboxylic acids is 3. The van der Waals surface area contributed by atoms with Gasteiger partial charge in [-0.1, -0.05) is 42.5 Å². The zero-order valence-electron chi connectivity index (χ0n) is 33.3. The van der Waals surface area contributed by atoms with Crippen molar-refractivity contribution in [3.8, 4) is 0 Å². The molecule has 0 unspecified atom stereocenters. The molecular weight excluding hydrogens is 678 g/mol.